The maximum atomic E-state index is 8.96. The zero-order chi connectivity index (χ0) is 14.0. The van der Waals surface area contributed by atoms with Crippen molar-refractivity contribution in [2.24, 2.45) is 5.92 Å². The van der Waals surface area contributed by atoms with E-state index in [-0.39, 0.29) is 0 Å². The van der Waals surface area contributed by atoms with E-state index in [2.05, 4.69) is 30.6 Å². The largest absolute Gasteiger partial charge is 0.381 e. The molecule has 2 N–H and O–H groups in total. The zero-order valence-corrected chi connectivity index (χ0v) is 12.4. The molecule has 1 aliphatic rings. The molecule has 0 spiro atoms. The Morgan fingerprint density at radius 1 is 1.53 bits per heavy atom. The van der Waals surface area contributed by atoms with Crippen molar-refractivity contribution in [1.82, 2.24) is 5.32 Å². The SMILES string of the molecule is Cc1c(N[C@@H](C)[C@H]2NCC[C@@H]2C)ccc(C#N)c1Cl. The van der Waals surface area contributed by atoms with Crippen LogP contribution in [0, 0.1) is 24.2 Å². The molecular formula is C15H20ClN3. The summed E-state index contributed by atoms with van der Waals surface area (Å²) < 4.78 is 0. The summed E-state index contributed by atoms with van der Waals surface area (Å²) in [7, 11) is 0. The Labute approximate surface area is 120 Å². The van der Waals surface area contributed by atoms with E-state index in [9.17, 15) is 0 Å². The third-order valence-corrected chi connectivity index (χ3v) is 4.51. The number of nitrogens with one attached hydrogen (secondary N) is 2. The molecule has 3 nitrogen and oxygen atoms in total. The van der Waals surface area contributed by atoms with Crippen LogP contribution in [0.4, 0.5) is 5.69 Å². The molecule has 0 aromatic heterocycles. The maximum Gasteiger partial charge on any atom is 0.101 e. The van der Waals surface area contributed by atoms with E-state index in [4.69, 9.17) is 16.9 Å². The first-order chi connectivity index (χ1) is 9.04. The summed E-state index contributed by atoms with van der Waals surface area (Å²) in [6.45, 7) is 7.50. The van der Waals surface area contributed by atoms with E-state index in [0.29, 0.717) is 28.6 Å². The third-order valence-electron chi connectivity index (χ3n) is 4.02. The fraction of sp³-hybridized carbons (Fsp3) is 0.533. The molecule has 0 aliphatic carbocycles. The van der Waals surface area contributed by atoms with Crippen molar-refractivity contribution in [3.05, 3.63) is 28.3 Å². The molecular weight excluding hydrogens is 258 g/mol. The molecule has 0 unspecified atom stereocenters. The van der Waals surface area contributed by atoms with Gasteiger partial charge < -0.3 is 10.6 Å². The molecule has 4 heteroatoms. The van der Waals surface area contributed by atoms with Gasteiger partial charge in [0.05, 0.1) is 10.6 Å². The lowest BCUT2D eigenvalue weighted by Crippen LogP contribution is -2.41. The Hall–Kier alpha value is -1.24. The highest BCUT2D eigenvalue weighted by Gasteiger charge is 2.28. The minimum absolute atomic E-state index is 0.334. The summed E-state index contributed by atoms with van der Waals surface area (Å²) in [4.78, 5) is 0. The average Bonchev–Trinajstić information content (AvgIpc) is 2.81. The lowest BCUT2D eigenvalue weighted by molar-refractivity contribution is 0.438. The molecule has 2 rings (SSSR count). The van der Waals surface area contributed by atoms with Gasteiger partial charge in [-0.3, -0.25) is 0 Å². The zero-order valence-electron chi connectivity index (χ0n) is 11.6. The molecule has 0 amide bonds. The lowest BCUT2D eigenvalue weighted by Gasteiger charge is -2.26. The van der Waals surface area contributed by atoms with Crippen molar-refractivity contribution in [1.29, 1.82) is 5.26 Å². The van der Waals surface area contributed by atoms with Gasteiger partial charge in [-0.2, -0.15) is 5.26 Å². The van der Waals surface area contributed by atoms with Gasteiger partial charge in [-0.15, -0.1) is 0 Å². The van der Waals surface area contributed by atoms with E-state index in [0.717, 1.165) is 17.8 Å². The summed E-state index contributed by atoms with van der Waals surface area (Å²) in [5, 5.41) is 16.6. The second-order valence-corrected chi connectivity index (χ2v) is 5.77. The van der Waals surface area contributed by atoms with Gasteiger partial charge in [-0.05, 0) is 50.4 Å². The van der Waals surface area contributed by atoms with Crippen LogP contribution >= 0.6 is 11.6 Å². The van der Waals surface area contributed by atoms with E-state index in [1.807, 2.05) is 13.0 Å². The van der Waals surface area contributed by atoms with E-state index < -0.39 is 0 Å². The molecule has 102 valence electrons. The van der Waals surface area contributed by atoms with Crippen LogP contribution in [0.25, 0.3) is 0 Å². The van der Waals surface area contributed by atoms with Crippen molar-refractivity contribution in [3.8, 4) is 6.07 Å². The predicted octanol–water partition coefficient (Wildman–Crippen LogP) is 3.32. The topological polar surface area (TPSA) is 47.8 Å². The van der Waals surface area contributed by atoms with Gasteiger partial charge in [0, 0.05) is 17.8 Å². The fourth-order valence-electron chi connectivity index (χ4n) is 2.79. The van der Waals surface area contributed by atoms with Gasteiger partial charge in [-0.1, -0.05) is 18.5 Å². The first kappa shape index (κ1) is 14.2. The summed E-state index contributed by atoms with van der Waals surface area (Å²) in [5.41, 5.74) is 2.49. The van der Waals surface area contributed by atoms with E-state index >= 15 is 0 Å². The molecule has 0 saturated carbocycles. The maximum absolute atomic E-state index is 8.96. The number of rotatable bonds is 3. The molecule has 19 heavy (non-hydrogen) atoms. The molecule has 1 heterocycles. The number of nitrogens with zero attached hydrogens (tertiary/aromatic N) is 1. The monoisotopic (exact) mass is 277 g/mol. The van der Waals surface area contributed by atoms with Gasteiger partial charge in [-0.25, -0.2) is 0 Å². The molecule has 1 aromatic carbocycles. The average molecular weight is 278 g/mol. The van der Waals surface area contributed by atoms with E-state index in [1.54, 1.807) is 6.07 Å². The quantitative estimate of drug-likeness (QED) is 0.891. The third kappa shape index (κ3) is 2.86. The Bertz CT molecular complexity index is 507. The summed E-state index contributed by atoms with van der Waals surface area (Å²) in [5.74, 6) is 0.677. The molecule has 1 saturated heterocycles. The standard InChI is InChI=1S/C15H20ClN3/c1-9-6-7-18-15(9)11(3)19-13-5-4-12(8-17)14(16)10(13)2/h4-5,9,11,15,18-19H,6-7H2,1-3H3/t9-,11-,15-/m0/s1. The van der Waals surface area contributed by atoms with Gasteiger partial charge in [0.15, 0.2) is 0 Å². The van der Waals surface area contributed by atoms with Crippen molar-refractivity contribution in [3.63, 3.8) is 0 Å². The first-order valence-electron chi connectivity index (χ1n) is 6.73. The number of hydrogen-bond acceptors (Lipinski definition) is 3. The number of anilines is 1. The molecule has 3 atom stereocenters. The van der Waals surface area contributed by atoms with Crippen LogP contribution < -0.4 is 10.6 Å². The van der Waals surface area contributed by atoms with Gasteiger partial charge in [0.2, 0.25) is 0 Å². The summed E-state index contributed by atoms with van der Waals surface area (Å²) in [6.07, 6.45) is 1.23. The number of halogens is 1. The molecule has 1 aromatic rings. The van der Waals surface area contributed by atoms with Crippen LogP contribution in [-0.4, -0.2) is 18.6 Å². The molecule has 0 bridgehead atoms. The summed E-state index contributed by atoms with van der Waals surface area (Å²) in [6, 6.07) is 6.63. The number of hydrogen-bond donors (Lipinski definition) is 2. The highest BCUT2D eigenvalue weighted by atomic mass is 35.5. The van der Waals surface area contributed by atoms with Crippen LogP contribution in [0.15, 0.2) is 12.1 Å². The Kier molecular flexibility index (Phi) is 4.34. The minimum Gasteiger partial charge on any atom is -0.381 e. The predicted molar refractivity (Wildman–Crippen MR) is 79.6 cm³/mol. The molecule has 0 radical (unpaired) electrons. The van der Waals surface area contributed by atoms with Crippen molar-refractivity contribution in [2.75, 3.05) is 11.9 Å². The Morgan fingerprint density at radius 3 is 2.84 bits per heavy atom. The van der Waals surface area contributed by atoms with Crippen LogP contribution in [0.5, 0.6) is 0 Å². The van der Waals surface area contributed by atoms with Gasteiger partial charge in [0.1, 0.15) is 6.07 Å². The van der Waals surface area contributed by atoms with Crippen LogP contribution in [0.3, 0.4) is 0 Å². The molecule has 1 fully saturated rings. The second kappa shape index (κ2) is 5.81. The van der Waals surface area contributed by atoms with Crippen LogP contribution in [-0.2, 0) is 0 Å². The minimum atomic E-state index is 0.334. The highest BCUT2D eigenvalue weighted by molar-refractivity contribution is 6.32. The Morgan fingerprint density at radius 2 is 2.26 bits per heavy atom. The first-order valence-corrected chi connectivity index (χ1v) is 7.11. The van der Waals surface area contributed by atoms with Gasteiger partial charge in [0.25, 0.3) is 0 Å². The van der Waals surface area contributed by atoms with E-state index in [1.165, 1.54) is 6.42 Å². The highest BCUT2D eigenvalue weighted by Crippen LogP contribution is 2.28. The van der Waals surface area contributed by atoms with Crippen molar-refractivity contribution in [2.45, 2.75) is 39.3 Å². The van der Waals surface area contributed by atoms with Crippen LogP contribution in [0.1, 0.15) is 31.4 Å². The normalized spacial score (nSPS) is 23.9. The number of nitriles is 1. The number of benzene rings is 1. The van der Waals surface area contributed by atoms with Crippen molar-refractivity contribution < 1.29 is 0 Å². The van der Waals surface area contributed by atoms with Gasteiger partial charge >= 0.3 is 0 Å². The Balaban J connectivity index is 2.15. The molecule has 1 aliphatic heterocycles. The smallest absolute Gasteiger partial charge is 0.101 e. The lowest BCUT2D eigenvalue weighted by atomic mass is 9.97. The second-order valence-electron chi connectivity index (χ2n) is 5.39. The summed E-state index contributed by atoms with van der Waals surface area (Å²) >= 11 is 6.19. The van der Waals surface area contributed by atoms with Crippen molar-refractivity contribution >= 4 is 17.3 Å². The van der Waals surface area contributed by atoms with Crippen LogP contribution in [0.2, 0.25) is 5.02 Å². The fourth-order valence-corrected chi connectivity index (χ4v) is 3.00.